The van der Waals surface area contributed by atoms with Crippen LogP contribution < -0.4 is 5.32 Å². The molecule has 0 aliphatic carbocycles. The summed E-state index contributed by atoms with van der Waals surface area (Å²) < 4.78 is 37.0. The van der Waals surface area contributed by atoms with Gasteiger partial charge in [0.25, 0.3) is 5.91 Å². The zero-order chi connectivity index (χ0) is 21.0. The maximum absolute atomic E-state index is 12.8. The molecule has 0 saturated carbocycles. The van der Waals surface area contributed by atoms with Gasteiger partial charge >= 0.3 is 5.97 Å². The van der Waals surface area contributed by atoms with Crippen molar-refractivity contribution in [3.8, 4) is 0 Å². The van der Waals surface area contributed by atoms with Crippen LogP contribution in [0.4, 0.5) is 5.69 Å². The van der Waals surface area contributed by atoms with Crippen molar-refractivity contribution < 1.29 is 27.5 Å². The quantitative estimate of drug-likeness (QED) is 0.656. The number of benzene rings is 1. The Morgan fingerprint density at radius 2 is 2.07 bits per heavy atom. The van der Waals surface area contributed by atoms with Gasteiger partial charge in [0.05, 0.1) is 29.4 Å². The minimum Gasteiger partial charge on any atom is -0.451 e. The van der Waals surface area contributed by atoms with Gasteiger partial charge in [-0.25, -0.2) is 18.2 Å². The highest BCUT2D eigenvalue weighted by molar-refractivity contribution is 7.89. The smallest absolute Gasteiger partial charge is 0.350 e. The number of esters is 1. The number of morpholine rings is 1. The summed E-state index contributed by atoms with van der Waals surface area (Å²) in [6.45, 7) is 2.28. The molecule has 1 fully saturated rings. The van der Waals surface area contributed by atoms with Crippen LogP contribution >= 0.6 is 22.9 Å². The molecule has 0 bridgehead atoms. The molecule has 0 unspecified atom stereocenters. The zero-order valence-corrected chi connectivity index (χ0v) is 17.8. The highest BCUT2D eigenvalue weighted by Gasteiger charge is 2.28. The van der Waals surface area contributed by atoms with Crippen LogP contribution in [-0.2, 0) is 24.3 Å². The molecule has 0 spiro atoms. The van der Waals surface area contributed by atoms with Crippen molar-refractivity contribution in [2.45, 2.75) is 11.8 Å². The molecule has 0 radical (unpaired) electrons. The fourth-order valence-corrected chi connectivity index (χ4v) is 5.14. The number of anilines is 1. The number of ether oxygens (including phenoxy) is 2. The highest BCUT2D eigenvalue weighted by Crippen LogP contribution is 2.28. The Morgan fingerprint density at radius 3 is 2.72 bits per heavy atom. The average Bonchev–Trinajstić information content (AvgIpc) is 3.14. The van der Waals surface area contributed by atoms with E-state index >= 15 is 0 Å². The number of hydrogen-bond acceptors (Lipinski definition) is 8. The maximum atomic E-state index is 12.8. The van der Waals surface area contributed by atoms with Gasteiger partial charge in [-0.15, -0.1) is 11.3 Å². The average molecular weight is 460 g/mol. The summed E-state index contributed by atoms with van der Waals surface area (Å²) in [6, 6.07) is 4.13. The molecular formula is C17H18ClN3O6S2. The van der Waals surface area contributed by atoms with Gasteiger partial charge in [-0.3, -0.25) is 4.79 Å². The Labute approximate surface area is 176 Å². The summed E-state index contributed by atoms with van der Waals surface area (Å²) in [5, 5.41) is 3.25. The summed E-state index contributed by atoms with van der Waals surface area (Å²) in [5.41, 5.74) is 0.218. The van der Waals surface area contributed by atoms with Gasteiger partial charge in [0.2, 0.25) is 10.0 Å². The summed E-state index contributed by atoms with van der Waals surface area (Å²) >= 11 is 7.24. The van der Waals surface area contributed by atoms with E-state index in [9.17, 15) is 18.0 Å². The van der Waals surface area contributed by atoms with Gasteiger partial charge in [-0.1, -0.05) is 11.6 Å². The van der Waals surface area contributed by atoms with E-state index in [4.69, 9.17) is 21.1 Å². The molecule has 156 valence electrons. The lowest BCUT2D eigenvalue weighted by Gasteiger charge is -2.26. The van der Waals surface area contributed by atoms with Crippen molar-refractivity contribution in [2.75, 3.05) is 38.2 Å². The Kier molecular flexibility index (Phi) is 6.85. The van der Waals surface area contributed by atoms with E-state index in [2.05, 4.69) is 10.3 Å². The van der Waals surface area contributed by atoms with Crippen LogP contribution in [0.5, 0.6) is 0 Å². The zero-order valence-electron chi connectivity index (χ0n) is 15.4. The lowest BCUT2D eigenvalue weighted by molar-refractivity contribution is -0.119. The lowest BCUT2D eigenvalue weighted by Crippen LogP contribution is -2.40. The molecule has 1 saturated heterocycles. The van der Waals surface area contributed by atoms with E-state index in [1.54, 1.807) is 6.92 Å². The lowest BCUT2D eigenvalue weighted by atomic mass is 10.3. The number of thiazole rings is 1. The molecule has 1 aliphatic rings. The SMILES string of the molecule is Cc1ncc(C(=O)OCC(=O)Nc2ccc(Cl)c(S(=O)(=O)N3CCOCC3)c2)s1. The molecule has 9 nitrogen and oxygen atoms in total. The van der Waals surface area contributed by atoms with Crippen molar-refractivity contribution in [1.82, 2.24) is 9.29 Å². The predicted molar refractivity (Wildman–Crippen MR) is 107 cm³/mol. The molecule has 1 aromatic heterocycles. The number of carbonyl (C=O) groups excluding carboxylic acids is 2. The number of carbonyl (C=O) groups is 2. The topological polar surface area (TPSA) is 115 Å². The third-order valence-corrected chi connectivity index (χ3v) is 7.23. The van der Waals surface area contributed by atoms with Crippen LogP contribution in [0.15, 0.2) is 29.3 Å². The second-order valence-electron chi connectivity index (χ2n) is 6.03. The van der Waals surface area contributed by atoms with Gasteiger partial charge in [-0.05, 0) is 25.1 Å². The fourth-order valence-electron chi connectivity index (χ4n) is 2.56. The molecule has 1 aliphatic heterocycles. The number of amides is 1. The van der Waals surface area contributed by atoms with Crippen LogP contribution in [0.2, 0.25) is 5.02 Å². The van der Waals surface area contributed by atoms with Crippen molar-refractivity contribution in [3.63, 3.8) is 0 Å². The van der Waals surface area contributed by atoms with Crippen LogP contribution in [0.25, 0.3) is 0 Å². The van der Waals surface area contributed by atoms with E-state index in [-0.39, 0.29) is 28.7 Å². The number of nitrogens with one attached hydrogen (secondary N) is 1. The van der Waals surface area contributed by atoms with E-state index in [1.807, 2.05) is 0 Å². The van der Waals surface area contributed by atoms with E-state index in [0.717, 1.165) is 11.3 Å². The molecule has 12 heteroatoms. The van der Waals surface area contributed by atoms with Crippen LogP contribution in [0.3, 0.4) is 0 Å². The largest absolute Gasteiger partial charge is 0.451 e. The minimum atomic E-state index is -3.83. The van der Waals surface area contributed by atoms with E-state index in [0.29, 0.717) is 23.1 Å². The molecular weight excluding hydrogens is 442 g/mol. The van der Waals surface area contributed by atoms with Gasteiger partial charge in [0, 0.05) is 18.8 Å². The Morgan fingerprint density at radius 1 is 1.34 bits per heavy atom. The van der Waals surface area contributed by atoms with Crippen molar-refractivity contribution in [2.24, 2.45) is 0 Å². The third-order valence-electron chi connectivity index (χ3n) is 3.96. The second kappa shape index (κ2) is 9.18. The van der Waals surface area contributed by atoms with Crippen LogP contribution in [0.1, 0.15) is 14.7 Å². The molecule has 1 aromatic carbocycles. The third kappa shape index (κ3) is 5.31. The van der Waals surface area contributed by atoms with Gasteiger partial charge < -0.3 is 14.8 Å². The molecule has 1 amide bonds. The number of hydrogen-bond donors (Lipinski definition) is 1. The monoisotopic (exact) mass is 459 g/mol. The number of aromatic nitrogens is 1. The van der Waals surface area contributed by atoms with Crippen molar-refractivity contribution >= 4 is 50.5 Å². The fraction of sp³-hybridized carbons (Fsp3) is 0.353. The molecule has 3 rings (SSSR count). The molecule has 29 heavy (non-hydrogen) atoms. The van der Waals surface area contributed by atoms with Crippen molar-refractivity contribution in [1.29, 1.82) is 0 Å². The van der Waals surface area contributed by atoms with Crippen LogP contribution in [0, 0.1) is 6.92 Å². The molecule has 0 atom stereocenters. The first-order valence-electron chi connectivity index (χ1n) is 8.54. The summed E-state index contributed by atoms with van der Waals surface area (Å²) in [4.78, 5) is 28.1. The first kappa shape index (κ1) is 21.7. The molecule has 2 heterocycles. The van der Waals surface area contributed by atoms with E-state index < -0.39 is 28.5 Å². The number of halogens is 1. The first-order chi connectivity index (χ1) is 13.8. The second-order valence-corrected chi connectivity index (χ2v) is 9.58. The van der Waals surface area contributed by atoms with Gasteiger partial charge in [0.1, 0.15) is 9.77 Å². The molecule has 2 aromatic rings. The van der Waals surface area contributed by atoms with Crippen LogP contribution in [-0.4, -0.2) is 62.5 Å². The Balaban J connectivity index is 1.66. The Hall–Kier alpha value is -2.05. The highest BCUT2D eigenvalue weighted by atomic mass is 35.5. The first-order valence-corrected chi connectivity index (χ1v) is 11.2. The number of aryl methyl sites for hydroxylation is 1. The van der Waals surface area contributed by atoms with E-state index in [1.165, 1.54) is 28.7 Å². The summed E-state index contributed by atoms with van der Waals surface area (Å²) in [7, 11) is -3.83. The van der Waals surface area contributed by atoms with Gasteiger partial charge in [-0.2, -0.15) is 4.31 Å². The normalized spacial score (nSPS) is 15.1. The maximum Gasteiger partial charge on any atom is 0.350 e. The summed E-state index contributed by atoms with van der Waals surface area (Å²) in [5.74, 6) is -1.27. The number of sulfonamides is 1. The van der Waals surface area contributed by atoms with Crippen molar-refractivity contribution in [3.05, 3.63) is 39.3 Å². The standard InChI is InChI=1S/C17H18ClN3O6S2/c1-11-19-9-14(28-11)17(23)27-10-16(22)20-12-2-3-13(18)15(8-12)29(24,25)21-4-6-26-7-5-21/h2-3,8-9H,4-7,10H2,1H3,(H,20,22). The summed E-state index contributed by atoms with van der Waals surface area (Å²) in [6.07, 6.45) is 1.38. The molecule has 1 N–H and O–H groups in total. The van der Waals surface area contributed by atoms with Gasteiger partial charge in [0.15, 0.2) is 6.61 Å². The predicted octanol–water partition coefficient (Wildman–Crippen LogP) is 1.92. The minimum absolute atomic E-state index is 0.0430. The number of nitrogens with zero attached hydrogens (tertiary/aromatic N) is 2. The number of rotatable bonds is 6. The Bertz CT molecular complexity index is 1020.